The second kappa shape index (κ2) is 9.56. The molecule has 0 aliphatic heterocycles. The highest BCUT2D eigenvalue weighted by Gasteiger charge is 2.16. The summed E-state index contributed by atoms with van der Waals surface area (Å²) in [6.45, 7) is 6.36. The molecule has 112 valence electrons. The Morgan fingerprint density at radius 3 is 2.50 bits per heavy atom. The Hall–Kier alpha value is -1.32. The standard InChI is InChI=1S/C17H26O3/c1-4-6-7-8-16(18)17(5-2)20-13-14-9-11-15(19-3)12-10-14/h5,9-12,16-18H,2,4,6-8,13H2,1,3H3/t16-,17+/m0/s1. The van der Waals surface area contributed by atoms with Crippen LogP contribution in [0.1, 0.15) is 38.2 Å². The molecule has 3 heteroatoms. The molecule has 1 rings (SSSR count). The van der Waals surface area contributed by atoms with Crippen molar-refractivity contribution in [2.75, 3.05) is 7.11 Å². The number of methoxy groups -OCH3 is 1. The van der Waals surface area contributed by atoms with E-state index >= 15 is 0 Å². The van der Waals surface area contributed by atoms with Gasteiger partial charge in [-0.25, -0.2) is 0 Å². The Balaban J connectivity index is 2.41. The fourth-order valence-corrected chi connectivity index (χ4v) is 2.02. The minimum absolute atomic E-state index is 0.311. The Morgan fingerprint density at radius 2 is 1.95 bits per heavy atom. The molecular weight excluding hydrogens is 252 g/mol. The van der Waals surface area contributed by atoms with Gasteiger partial charge in [0.2, 0.25) is 0 Å². The largest absolute Gasteiger partial charge is 0.497 e. The van der Waals surface area contributed by atoms with E-state index in [-0.39, 0.29) is 6.10 Å². The van der Waals surface area contributed by atoms with Gasteiger partial charge >= 0.3 is 0 Å². The van der Waals surface area contributed by atoms with Crippen LogP contribution in [0.4, 0.5) is 0 Å². The van der Waals surface area contributed by atoms with Gasteiger partial charge in [-0.15, -0.1) is 6.58 Å². The van der Waals surface area contributed by atoms with Gasteiger partial charge < -0.3 is 14.6 Å². The van der Waals surface area contributed by atoms with Crippen LogP contribution in [0.5, 0.6) is 5.75 Å². The van der Waals surface area contributed by atoms with Crippen LogP contribution < -0.4 is 4.74 Å². The number of benzene rings is 1. The summed E-state index contributed by atoms with van der Waals surface area (Å²) in [4.78, 5) is 0. The van der Waals surface area contributed by atoms with Crippen LogP contribution in [0.2, 0.25) is 0 Å². The number of hydrogen-bond acceptors (Lipinski definition) is 3. The minimum atomic E-state index is -0.475. The van der Waals surface area contributed by atoms with E-state index in [9.17, 15) is 5.11 Å². The summed E-state index contributed by atoms with van der Waals surface area (Å²) in [6, 6.07) is 7.73. The van der Waals surface area contributed by atoms with Gasteiger partial charge in [-0.05, 0) is 24.1 Å². The molecule has 0 saturated heterocycles. The van der Waals surface area contributed by atoms with Gasteiger partial charge in [0.15, 0.2) is 0 Å². The van der Waals surface area contributed by atoms with Crippen LogP contribution >= 0.6 is 0 Å². The van der Waals surface area contributed by atoms with E-state index < -0.39 is 6.10 Å². The maximum atomic E-state index is 10.1. The summed E-state index contributed by atoms with van der Waals surface area (Å²) in [5.41, 5.74) is 1.05. The number of hydrogen-bond donors (Lipinski definition) is 1. The zero-order chi connectivity index (χ0) is 14.8. The molecule has 0 unspecified atom stereocenters. The van der Waals surface area contributed by atoms with Gasteiger partial charge in [0.25, 0.3) is 0 Å². The number of ether oxygens (including phenoxy) is 2. The molecule has 1 aromatic carbocycles. The zero-order valence-electron chi connectivity index (χ0n) is 12.5. The van der Waals surface area contributed by atoms with Crippen LogP contribution in [0.25, 0.3) is 0 Å². The SMILES string of the molecule is C=C[C@@H](OCc1ccc(OC)cc1)[C@@H](O)CCCCC. The molecule has 0 fully saturated rings. The lowest BCUT2D eigenvalue weighted by molar-refractivity contribution is -0.0223. The van der Waals surface area contributed by atoms with Crippen molar-refractivity contribution in [3.05, 3.63) is 42.5 Å². The lowest BCUT2D eigenvalue weighted by Gasteiger charge is -2.20. The van der Waals surface area contributed by atoms with Crippen molar-refractivity contribution in [3.63, 3.8) is 0 Å². The van der Waals surface area contributed by atoms with E-state index in [4.69, 9.17) is 9.47 Å². The van der Waals surface area contributed by atoms with Gasteiger partial charge in [0.05, 0.1) is 19.8 Å². The van der Waals surface area contributed by atoms with Gasteiger partial charge in [0, 0.05) is 0 Å². The molecule has 0 saturated carbocycles. The fourth-order valence-electron chi connectivity index (χ4n) is 2.02. The molecule has 3 nitrogen and oxygen atoms in total. The third kappa shape index (κ3) is 5.76. The van der Waals surface area contributed by atoms with Crippen molar-refractivity contribution >= 4 is 0 Å². The molecule has 0 heterocycles. The van der Waals surface area contributed by atoms with Crippen molar-refractivity contribution in [1.29, 1.82) is 0 Å². The quantitative estimate of drug-likeness (QED) is 0.524. The first-order valence-electron chi connectivity index (χ1n) is 7.26. The second-order valence-corrected chi connectivity index (χ2v) is 4.92. The van der Waals surface area contributed by atoms with Crippen molar-refractivity contribution in [1.82, 2.24) is 0 Å². The van der Waals surface area contributed by atoms with E-state index in [0.717, 1.165) is 37.0 Å². The predicted octanol–water partition coefficient (Wildman–Crippen LogP) is 3.71. The number of unbranched alkanes of at least 4 members (excludes halogenated alkanes) is 2. The first-order valence-corrected chi connectivity index (χ1v) is 7.26. The van der Waals surface area contributed by atoms with Crippen LogP contribution in [-0.4, -0.2) is 24.4 Å². The van der Waals surface area contributed by atoms with Crippen LogP contribution in [0, 0.1) is 0 Å². The monoisotopic (exact) mass is 278 g/mol. The van der Waals surface area contributed by atoms with E-state index in [2.05, 4.69) is 13.5 Å². The third-order valence-electron chi connectivity index (χ3n) is 3.32. The molecule has 1 aromatic rings. The lowest BCUT2D eigenvalue weighted by atomic mass is 10.1. The third-order valence-corrected chi connectivity index (χ3v) is 3.32. The number of aliphatic hydroxyl groups is 1. The van der Waals surface area contributed by atoms with E-state index in [1.807, 2.05) is 24.3 Å². The number of rotatable bonds is 10. The first-order chi connectivity index (χ1) is 9.71. The highest BCUT2D eigenvalue weighted by atomic mass is 16.5. The van der Waals surface area contributed by atoms with Crippen LogP contribution in [0.15, 0.2) is 36.9 Å². The van der Waals surface area contributed by atoms with Gasteiger partial charge in [0.1, 0.15) is 11.9 Å². The molecular formula is C17H26O3. The fraction of sp³-hybridized carbons (Fsp3) is 0.529. The Labute approximate surface area is 122 Å². The average Bonchev–Trinajstić information content (AvgIpc) is 2.49. The maximum absolute atomic E-state index is 10.1. The van der Waals surface area contributed by atoms with E-state index in [1.165, 1.54) is 0 Å². The van der Waals surface area contributed by atoms with Gasteiger partial charge in [-0.2, -0.15) is 0 Å². The van der Waals surface area contributed by atoms with Crippen LogP contribution in [0.3, 0.4) is 0 Å². The summed E-state index contributed by atoms with van der Waals surface area (Å²) in [5, 5.41) is 10.1. The lowest BCUT2D eigenvalue weighted by Crippen LogP contribution is -2.26. The highest BCUT2D eigenvalue weighted by Crippen LogP contribution is 2.15. The molecule has 0 bridgehead atoms. The van der Waals surface area contributed by atoms with Crippen LogP contribution in [-0.2, 0) is 11.3 Å². The summed E-state index contributed by atoms with van der Waals surface area (Å²) in [7, 11) is 1.64. The summed E-state index contributed by atoms with van der Waals surface area (Å²) < 4.78 is 10.8. The molecule has 0 radical (unpaired) electrons. The molecule has 0 aromatic heterocycles. The molecule has 0 spiro atoms. The van der Waals surface area contributed by atoms with E-state index in [0.29, 0.717) is 6.61 Å². The average molecular weight is 278 g/mol. The molecule has 0 aliphatic carbocycles. The zero-order valence-corrected chi connectivity index (χ0v) is 12.5. The Morgan fingerprint density at radius 1 is 1.25 bits per heavy atom. The Kier molecular flexibility index (Phi) is 8.00. The molecule has 2 atom stereocenters. The summed E-state index contributed by atoms with van der Waals surface area (Å²) in [6.07, 6.45) is 4.96. The summed E-state index contributed by atoms with van der Waals surface area (Å²) in [5.74, 6) is 0.827. The van der Waals surface area contributed by atoms with E-state index in [1.54, 1.807) is 13.2 Å². The van der Waals surface area contributed by atoms with Gasteiger partial charge in [-0.1, -0.05) is 44.4 Å². The van der Waals surface area contributed by atoms with Crippen molar-refractivity contribution in [2.24, 2.45) is 0 Å². The Bertz CT molecular complexity index is 372. The number of aliphatic hydroxyl groups excluding tert-OH is 1. The highest BCUT2D eigenvalue weighted by molar-refractivity contribution is 5.26. The normalized spacial score (nSPS) is 13.8. The molecule has 1 N–H and O–H groups in total. The first kappa shape index (κ1) is 16.7. The van der Waals surface area contributed by atoms with Crippen molar-refractivity contribution in [2.45, 2.75) is 51.4 Å². The molecule has 0 aliphatic rings. The summed E-state index contributed by atoms with van der Waals surface area (Å²) >= 11 is 0. The predicted molar refractivity (Wildman–Crippen MR) is 81.9 cm³/mol. The smallest absolute Gasteiger partial charge is 0.118 e. The minimum Gasteiger partial charge on any atom is -0.497 e. The second-order valence-electron chi connectivity index (χ2n) is 4.92. The van der Waals surface area contributed by atoms with Crippen molar-refractivity contribution < 1.29 is 14.6 Å². The molecule has 0 amide bonds. The maximum Gasteiger partial charge on any atom is 0.118 e. The molecule has 20 heavy (non-hydrogen) atoms. The van der Waals surface area contributed by atoms with Crippen molar-refractivity contribution in [3.8, 4) is 5.75 Å². The van der Waals surface area contributed by atoms with Gasteiger partial charge in [-0.3, -0.25) is 0 Å². The topological polar surface area (TPSA) is 38.7 Å².